The van der Waals surface area contributed by atoms with E-state index in [4.69, 9.17) is 0 Å². The van der Waals surface area contributed by atoms with Crippen LogP contribution < -0.4 is 0 Å². The molecule has 67 heavy (non-hydrogen) atoms. The minimum atomic E-state index is -6.55. The van der Waals surface area contributed by atoms with Gasteiger partial charge in [-0.3, -0.25) is 0 Å². The Labute approximate surface area is 412 Å². The number of benzene rings is 3. The Kier molecular flexibility index (Phi) is 29.3. The quantitative estimate of drug-likeness (QED) is 0.0415. The van der Waals surface area contributed by atoms with Gasteiger partial charge in [0.2, 0.25) is 0 Å². The molecule has 0 saturated heterocycles. The van der Waals surface area contributed by atoms with Crippen molar-refractivity contribution in [2.24, 2.45) is 0 Å². The van der Waals surface area contributed by atoms with Gasteiger partial charge in [-0.05, 0) is 0 Å². The first-order valence-corrected chi connectivity index (χ1v) is 38.4. The first-order chi connectivity index (χ1) is 32.4. The Bertz CT molecular complexity index is 1900. The van der Waals surface area contributed by atoms with Crippen molar-refractivity contribution in [3.05, 3.63) is 89.5 Å². The second-order valence-corrected chi connectivity index (χ2v) is 46.6. The first-order valence-electron chi connectivity index (χ1n) is 27.3. The van der Waals surface area contributed by atoms with E-state index in [0.29, 0.717) is 36.0 Å². The van der Waals surface area contributed by atoms with Crippen molar-refractivity contribution in [1.29, 1.82) is 0 Å². The van der Waals surface area contributed by atoms with Gasteiger partial charge < -0.3 is 0 Å². The van der Waals surface area contributed by atoms with Crippen LogP contribution in [0.3, 0.4) is 0 Å². The van der Waals surface area contributed by atoms with Gasteiger partial charge in [0.15, 0.2) is 0 Å². The molecule has 0 aliphatic rings. The van der Waals surface area contributed by atoms with Gasteiger partial charge in [-0.1, -0.05) is 59.3 Å². The molecule has 0 aliphatic heterocycles. The van der Waals surface area contributed by atoms with Crippen molar-refractivity contribution < 1.29 is 37.9 Å². The zero-order valence-electron chi connectivity index (χ0n) is 43.0. The summed E-state index contributed by atoms with van der Waals surface area (Å²) in [6.07, 6.45) is 35.3. The van der Waals surface area contributed by atoms with E-state index in [-0.39, 0.29) is 14.7 Å². The summed E-state index contributed by atoms with van der Waals surface area (Å²) in [6.45, 7) is 9.78. The fraction of sp³-hybridized carbons (Fsp3) is 0.684. The number of hydrogen-bond acceptors (Lipinski definition) is 6. The normalized spacial score (nSPS) is 12.6. The van der Waals surface area contributed by atoms with E-state index in [0.717, 1.165) is 77.0 Å². The molecule has 0 heterocycles. The van der Waals surface area contributed by atoms with Gasteiger partial charge in [0.25, 0.3) is 0 Å². The maximum absolute atomic E-state index is 16.1. The molecule has 0 fully saturated rings. The van der Waals surface area contributed by atoms with Gasteiger partial charge in [-0.25, -0.2) is 0 Å². The van der Waals surface area contributed by atoms with Crippen molar-refractivity contribution in [3.8, 4) is 0 Å². The summed E-state index contributed by atoms with van der Waals surface area (Å²) < 4.78 is 95.3. The molecule has 6 nitrogen and oxygen atoms in total. The third-order valence-electron chi connectivity index (χ3n) is 14.0. The predicted molar refractivity (Wildman–Crippen MR) is 283 cm³/mol. The molecule has 0 saturated carbocycles. The molecule has 3 aromatic rings. The summed E-state index contributed by atoms with van der Waals surface area (Å²) in [5, 5.41) is 0. The molecule has 0 spiro atoms. The van der Waals surface area contributed by atoms with Crippen LogP contribution in [0.4, 0.5) is 0 Å². The first kappa shape index (κ1) is 59.5. The topological polar surface area (TPSA) is 102 Å². The fourth-order valence-electron chi connectivity index (χ4n) is 10.2. The minimum absolute atomic E-state index is 0.119. The van der Waals surface area contributed by atoms with E-state index in [2.05, 4.69) is 20.8 Å². The van der Waals surface area contributed by atoms with Crippen LogP contribution in [-0.4, -0.2) is 25.3 Å². The van der Waals surface area contributed by atoms with Gasteiger partial charge in [-0.15, -0.1) is 0 Å². The van der Waals surface area contributed by atoms with E-state index in [1.54, 1.807) is 68.4 Å². The molecular weight excluding hydrogens is 925 g/mol. The smallest absolute Gasteiger partial charge is 0.0654 e. The second-order valence-electron chi connectivity index (χ2n) is 19.9. The molecule has 3 rings (SSSR count). The molecule has 10 heteroatoms. The van der Waals surface area contributed by atoms with Gasteiger partial charge in [-0.2, -0.15) is 0 Å². The molecule has 380 valence electrons. The van der Waals surface area contributed by atoms with Crippen LogP contribution in [0.5, 0.6) is 0 Å². The number of unbranched alkanes of at least 4 members (excludes halogenated alkanes) is 27. The van der Waals surface area contributed by atoms with Crippen LogP contribution in [0.25, 0.3) is 0 Å². The Balaban J connectivity index is 2.04. The van der Waals surface area contributed by atoms with Crippen molar-refractivity contribution in [3.63, 3.8) is 0 Å². The summed E-state index contributed by atoms with van der Waals surface area (Å²) in [6, 6.07) is 20.0. The van der Waals surface area contributed by atoms with Gasteiger partial charge in [0.1, 0.15) is 0 Å². The Morgan fingerprint density at radius 1 is 0.313 bits per heavy atom. The molecule has 0 bridgehead atoms. The van der Waals surface area contributed by atoms with E-state index < -0.39 is 39.2 Å². The number of rotatable bonds is 40. The third-order valence-corrected chi connectivity index (χ3v) is 57.1. The Morgan fingerprint density at radius 3 is 0.716 bits per heavy atom. The molecule has 0 atom stereocenters. The summed E-state index contributed by atoms with van der Waals surface area (Å²) in [5.74, 6) is 0. The van der Waals surface area contributed by atoms with Crippen LogP contribution in [0.15, 0.2) is 87.5 Å². The molecule has 0 aliphatic carbocycles. The van der Waals surface area contributed by atoms with Gasteiger partial charge >= 0.3 is 356 Å². The number of aryl methyl sites for hydroxylation is 3. The van der Waals surface area contributed by atoms with E-state index in [1.165, 1.54) is 134 Å². The van der Waals surface area contributed by atoms with Crippen LogP contribution >= 0.6 is 0 Å². The standard InChI is InChI=1S/3C18H29O2S.C3H7.Ti/c3*1-2-3-4-5-6-7-8-9-10-11-14-17-15-12-13-16-18(17)21(19)20;1-3-2;/h3*12-13,15-16H,2-11,14H2,1H3;3H,1-2H3;. The molecule has 3 aromatic carbocycles. The maximum atomic E-state index is 16.1. The van der Waals surface area contributed by atoms with Gasteiger partial charge in [0, 0.05) is 0 Å². The number of hydrogen-bond donors (Lipinski definition) is 0. The zero-order chi connectivity index (χ0) is 48.9. The molecule has 0 radical (unpaired) electrons. The molecular formula is C57H94O6S3Ti. The van der Waals surface area contributed by atoms with Crippen molar-refractivity contribution in [2.45, 2.75) is 265 Å². The Morgan fingerprint density at radius 2 is 0.507 bits per heavy atom. The third kappa shape index (κ3) is 17.8. The van der Waals surface area contributed by atoms with Crippen LogP contribution in [0, 0.1) is 0 Å². The average Bonchev–Trinajstić information content (AvgIpc) is 3.31. The zero-order valence-corrected chi connectivity index (χ0v) is 47.0. The monoisotopic (exact) mass is 1020 g/mol. The van der Waals surface area contributed by atoms with Crippen LogP contribution in [0.2, 0.25) is 4.22 Å². The predicted octanol–water partition coefficient (Wildman–Crippen LogP) is 17.5. The fourth-order valence-corrected chi connectivity index (χ4v) is 53.4. The molecule has 0 unspecified atom stereocenters. The van der Waals surface area contributed by atoms with Gasteiger partial charge in [0.05, 0.1) is 0 Å². The van der Waals surface area contributed by atoms with Crippen LogP contribution in [0.1, 0.15) is 244 Å². The Hall–Kier alpha value is -1.78. The minimum Gasteiger partial charge on any atom is -0.0654 e. The summed E-state index contributed by atoms with van der Waals surface area (Å²) in [4.78, 5) is -0.358. The van der Waals surface area contributed by atoms with E-state index in [9.17, 15) is 0 Å². The molecule has 0 aromatic heterocycles. The van der Waals surface area contributed by atoms with E-state index in [1.807, 2.05) is 0 Å². The summed E-state index contributed by atoms with van der Waals surface area (Å²) in [7, 11) is -14.9. The summed E-state index contributed by atoms with van der Waals surface area (Å²) in [5.41, 5.74) is 1.54. The van der Waals surface area contributed by atoms with Crippen molar-refractivity contribution >= 4 is 22.3 Å². The SMILES string of the molecule is CCCCCCCCCCCCc1ccccc1[S](=O)(=O)[Ti]([CH](C)C)([S](=O)(=O)c1ccccc1CCCCCCCCCCCC)[S](=O)(=O)c1ccccc1CCCCCCCCCCCC. The molecule has 0 N–H and O–H groups in total. The summed E-state index contributed by atoms with van der Waals surface area (Å²) >= 11 is -6.55. The van der Waals surface area contributed by atoms with E-state index >= 15 is 25.3 Å². The average molecular weight is 1020 g/mol. The van der Waals surface area contributed by atoms with Crippen LogP contribution in [-0.2, 0) is 54.2 Å². The van der Waals surface area contributed by atoms with Crippen molar-refractivity contribution in [2.75, 3.05) is 0 Å². The second kappa shape index (κ2) is 33.0. The van der Waals surface area contributed by atoms with Crippen molar-refractivity contribution in [1.82, 2.24) is 0 Å². The molecule has 0 amide bonds.